The summed E-state index contributed by atoms with van der Waals surface area (Å²) in [7, 11) is 0. The normalized spacial score (nSPS) is 9.92. The van der Waals surface area contributed by atoms with Gasteiger partial charge in [0.2, 0.25) is 0 Å². The summed E-state index contributed by atoms with van der Waals surface area (Å²) < 4.78 is 0. The fourth-order valence-corrected chi connectivity index (χ4v) is 9.04. The Kier molecular flexibility index (Phi) is 29.7. The van der Waals surface area contributed by atoms with Crippen molar-refractivity contribution >= 4 is 0 Å². The fourth-order valence-electron chi connectivity index (χ4n) is 9.04. The van der Waals surface area contributed by atoms with Gasteiger partial charge in [0.05, 0.1) is 0 Å². The Balaban J connectivity index is 0.000000446. The lowest BCUT2D eigenvalue weighted by atomic mass is 9.96. The number of aryl methyl sites for hydroxylation is 19. The molecule has 420 valence electrons. The zero-order valence-electron chi connectivity index (χ0n) is 55.4. The summed E-state index contributed by atoms with van der Waals surface area (Å²) >= 11 is 0. The van der Waals surface area contributed by atoms with Crippen molar-refractivity contribution in [1.29, 1.82) is 0 Å². The summed E-state index contributed by atoms with van der Waals surface area (Å²) in [5.41, 5.74) is 42.1. The Labute approximate surface area is 481 Å². The molecule has 0 saturated heterocycles. The van der Waals surface area contributed by atoms with Crippen molar-refractivity contribution in [1.82, 2.24) is 0 Å². The molecule has 0 amide bonds. The second-order valence-electron chi connectivity index (χ2n) is 23.0. The van der Waals surface area contributed by atoms with Gasteiger partial charge in [-0.1, -0.05) is 126 Å². The molecule has 0 heteroatoms. The first-order valence-electron chi connectivity index (χ1n) is 28.4. The summed E-state index contributed by atoms with van der Waals surface area (Å²) in [4.78, 5) is 0. The lowest BCUT2D eigenvalue weighted by molar-refractivity contribution is 1.18. The molecule has 0 heterocycles. The second-order valence-corrected chi connectivity index (χ2v) is 23.0. The largest absolute Gasteiger partial charge is 0.0620 e. The Hall–Kier alpha value is -6.24. The zero-order chi connectivity index (χ0) is 60.0. The van der Waals surface area contributed by atoms with Gasteiger partial charge >= 0.3 is 0 Å². The molecule has 78 heavy (non-hydrogen) atoms. The molecule has 0 nitrogen and oxygen atoms in total. The number of hydrogen-bond acceptors (Lipinski definition) is 0. The van der Waals surface area contributed by atoms with Crippen LogP contribution in [-0.2, 0) is 0 Å². The van der Waals surface area contributed by atoms with Crippen molar-refractivity contribution in [2.75, 3.05) is 0 Å². The number of benzene rings is 8. The molecule has 0 fully saturated rings. The molecule has 0 atom stereocenters. The Morgan fingerprint density at radius 2 is 0.282 bits per heavy atom. The standard InChI is InChI=1S/2C11H16.3C10H14.2C9H12.C8H10/c2*1-7-6-8(2)10(4)11(5)9(7)3;3*1-7-5-8(2)10(4)9(3)6-7;2*1-7-5-4-6-8(2)9(7)3;1-7-5-3-4-6-8(7)2/h2*6H,1-5H3;3*5-6H,1-4H3;2*4-6H,1-3H3;3-6H,1-2H3. The van der Waals surface area contributed by atoms with Crippen LogP contribution in [-0.4, -0.2) is 0 Å². The number of rotatable bonds is 0. The molecule has 0 unspecified atom stereocenters. The van der Waals surface area contributed by atoms with Gasteiger partial charge in [0, 0.05) is 0 Å². The fraction of sp³-hybridized carbons (Fsp3) is 0.385. The van der Waals surface area contributed by atoms with E-state index in [1.54, 1.807) is 0 Å². The van der Waals surface area contributed by atoms with E-state index in [0.29, 0.717) is 0 Å². The van der Waals surface area contributed by atoms with Crippen LogP contribution < -0.4 is 0 Å². The minimum Gasteiger partial charge on any atom is -0.0620 e. The predicted molar refractivity (Wildman–Crippen MR) is 354 cm³/mol. The Morgan fingerprint density at radius 1 is 0.128 bits per heavy atom. The molecule has 8 rings (SSSR count). The molecule has 0 aliphatic carbocycles. The van der Waals surface area contributed by atoms with E-state index in [4.69, 9.17) is 0 Å². The minimum absolute atomic E-state index is 1.36. The predicted octanol–water partition coefficient (Wildman–Crippen LogP) is 22.7. The van der Waals surface area contributed by atoms with Crippen LogP contribution >= 0.6 is 0 Å². The van der Waals surface area contributed by atoms with Crippen LogP contribution in [0.1, 0.15) is 167 Å². The average Bonchev–Trinajstić information content (AvgIpc) is 3.37. The van der Waals surface area contributed by atoms with Crippen molar-refractivity contribution in [3.63, 3.8) is 0 Å². The van der Waals surface area contributed by atoms with Crippen molar-refractivity contribution in [2.45, 2.75) is 208 Å². The third kappa shape index (κ3) is 22.6. The molecule has 0 N–H and O–H groups in total. The van der Waals surface area contributed by atoms with Crippen LogP contribution in [0.4, 0.5) is 0 Å². The number of hydrogen-bond donors (Lipinski definition) is 0. The molecule has 0 bridgehead atoms. The first-order chi connectivity index (χ1) is 36.1. The summed E-state index contributed by atoms with van der Waals surface area (Å²) in [6.45, 7) is 64.9. The van der Waals surface area contributed by atoms with Gasteiger partial charge in [0.15, 0.2) is 0 Å². The van der Waals surface area contributed by atoms with Gasteiger partial charge in [-0.25, -0.2) is 0 Å². The van der Waals surface area contributed by atoms with Gasteiger partial charge < -0.3 is 0 Å². The molecule has 0 radical (unpaired) electrons. The highest BCUT2D eigenvalue weighted by Gasteiger charge is 2.04. The van der Waals surface area contributed by atoms with Crippen molar-refractivity contribution < 1.29 is 0 Å². The lowest BCUT2D eigenvalue weighted by Crippen LogP contribution is -1.93. The quantitative estimate of drug-likeness (QED) is 0.142. The summed E-state index contributed by atoms with van der Waals surface area (Å²) in [5.74, 6) is 0. The topological polar surface area (TPSA) is 0 Å². The van der Waals surface area contributed by atoms with Gasteiger partial charge in [-0.05, 0) is 358 Å². The van der Waals surface area contributed by atoms with Crippen LogP contribution in [0.3, 0.4) is 0 Å². The van der Waals surface area contributed by atoms with Crippen LogP contribution in [0.25, 0.3) is 0 Å². The molecular formula is C78H108. The average molecular weight is 1050 g/mol. The summed E-state index contributed by atoms with van der Waals surface area (Å²) in [5, 5.41) is 0. The van der Waals surface area contributed by atoms with Gasteiger partial charge in [-0.15, -0.1) is 0 Å². The van der Waals surface area contributed by atoms with Crippen LogP contribution in [0, 0.1) is 208 Å². The SMILES string of the molecule is Cc1cc(C)c(C)c(C)c1.Cc1cc(C)c(C)c(C)c1.Cc1cc(C)c(C)c(C)c1.Cc1cc(C)c(C)c(C)c1C.Cc1cc(C)c(C)c(C)c1C.Cc1cccc(C)c1C.Cc1cccc(C)c1C.Cc1ccccc1C. The third-order valence-corrected chi connectivity index (χ3v) is 16.9. The maximum atomic E-state index is 2.26. The highest BCUT2D eigenvalue weighted by molar-refractivity contribution is 5.44. The van der Waals surface area contributed by atoms with Crippen molar-refractivity contribution in [2.24, 2.45) is 0 Å². The summed E-state index contributed by atoms with van der Waals surface area (Å²) in [6.07, 6.45) is 0. The highest BCUT2D eigenvalue weighted by atomic mass is 14.1. The highest BCUT2D eigenvalue weighted by Crippen LogP contribution is 2.22. The van der Waals surface area contributed by atoms with Gasteiger partial charge in [-0.2, -0.15) is 0 Å². The zero-order valence-corrected chi connectivity index (χ0v) is 55.4. The smallest absolute Gasteiger partial charge is 0.0392 e. The van der Waals surface area contributed by atoms with E-state index in [-0.39, 0.29) is 0 Å². The molecule has 0 saturated carbocycles. The first-order valence-corrected chi connectivity index (χ1v) is 28.4. The van der Waals surface area contributed by atoms with E-state index < -0.39 is 0 Å². The van der Waals surface area contributed by atoms with Gasteiger partial charge in [-0.3, -0.25) is 0 Å². The van der Waals surface area contributed by atoms with Crippen LogP contribution in [0.5, 0.6) is 0 Å². The van der Waals surface area contributed by atoms with Crippen molar-refractivity contribution in [3.05, 3.63) is 276 Å². The molecule has 0 aromatic heterocycles. The minimum atomic E-state index is 1.36. The van der Waals surface area contributed by atoms with Crippen molar-refractivity contribution in [3.8, 4) is 0 Å². The maximum absolute atomic E-state index is 2.26. The molecule has 0 aliphatic heterocycles. The molecular weight excluding hydrogens is 937 g/mol. The van der Waals surface area contributed by atoms with E-state index in [1.807, 2.05) is 0 Å². The van der Waals surface area contributed by atoms with E-state index >= 15 is 0 Å². The third-order valence-electron chi connectivity index (χ3n) is 16.9. The molecule has 8 aromatic rings. The molecule has 8 aromatic carbocycles. The van der Waals surface area contributed by atoms with Crippen LogP contribution in [0.15, 0.2) is 109 Å². The Morgan fingerprint density at radius 3 is 0.449 bits per heavy atom. The second kappa shape index (κ2) is 33.3. The van der Waals surface area contributed by atoms with Gasteiger partial charge in [0.1, 0.15) is 0 Å². The van der Waals surface area contributed by atoms with Crippen LogP contribution in [0.2, 0.25) is 0 Å². The van der Waals surface area contributed by atoms with E-state index in [2.05, 4.69) is 317 Å². The Bertz CT molecular complexity index is 2770. The first kappa shape index (κ1) is 69.8. The van der Waals surface area contributed by atoms with Gasteiger partial charge in [0.25, 0.3) is 0 Å². The molecule has 0 aliphatic rings. The lowest BCUT2D eigenvalue weighted by Gasteiger charge is -2.10. The summed E-state index contributed by atoms with van der Waals surface area (Å²) in [6, 6.07) is 39.0. The van der Waals surface area contributed by atoms with E-state index in [0.717, 1.165) is 0 Å². The maximum Gasteiger partial charge on any atom is -0.0392 e. The monoisotopic (exact) mass is 1040 g/mol. The van der Waals surface area contributed by atoms with E-state index in [9.17, 15) is 0 Å². The molecule has 0 spiro atoms. The van der Waals surface area contributed by atoms with E-state index in [1.165, 1.54) is 167 Å².